The summed E-state index contributed by atoms with van der Waals surface area (Å²) in [6.07, 6.45) is 6.25. The monoisotopic (exact) mass is 356 g/mol. The predicted molar refractivity (Wildman–Crippen MR) is 104 cm³/mol. The number of nitrogens with one attached hydrogen (secondary N) is 1. The van der Waals surface area contributed by atoms with E-state index < -0.39 is 0 Å². The molecule has 1 aromatic carbocycles. The van der Waals surface area contributed by atoms with Crippen molar-refractivity contribution in [3.63, 3.8) is 0 Å². The number of rotatable bonds is 3. The number of benzene rings is 1. The number of aromatic amines is 1. The van der Waals surface area contributed by atoms with E-state index in [2.05, 4.69) is 52.4 Å². The number of H-pyrrole nitrogens is 1. The molecule has 134 valence electrons. The van der Waals surface area contributed by atoms with E-state index >= 15 is 0 Å². The van der Waals surface area contributed by atoms with Gasteiger partial charge in [-0.2, -0.15) is 10.2 Å². The van der Waals surface area contributed by atoms with Crippen molar-refractivity contribution >= 4 is 11.5 Å². The third kappa shape index (κ3) is 2.29. The second-order valence-electron chi connectivity index (χ2n) is 7.62. The molecule has 0 saturated heterocycles. The van der Waals surface area contributed by atoms with Crippen LogP contribution in [0, 0.1) is 6.92 Å². The van der Waals surface area contributed by atoms with Gasteiger partial charge in [0.2, 0.25) is 0 Å². The topological polar surface area (TPSA) is 62.1 Å². The fourth-order valence-electron chi connectivity index (χ4n) is 4.23. The summed E-state index contributed by atoms with van der Waals surface area (Å²) in [5.41, 5.74) is 8.25. The third-order valence-corrected chi connectivity index (χ3v) is 5.74. The molecule has 1 fully saturated rings. The summed E-state index contributed by atoms with van der Waals surface area (Å²) in [6.45, 7) is 3.90. The molecule has 1 N–H and O–H groups in total. The number of hydrogen-bond donors (Lipinski definition) is 1. The average molecular weight is 356 g/mol. The SMILES string of the molecule is Cc1nn2c(-c3cn[nH]c3)cc(N3Cc4ccccc4C3)nc2c1C1CC1. The first-order chi connectivity index (χ1) is 13.3. The molecule has 3 aromatic heterocycles. The number of aromatic nitrogens is 5. The lowest BCUT2D eigenvalue weighted by Gasteiger charge is -2.18. The van der Waals surface area contributed by atoms with Crippen molar-refractivity contribution in [1.29, 1.82) is 0 Å². The fourth-order valence-corrected chi connectivity index (χ4v) is 4.23. The summed E-state index contributed by atoms with van der Waals surface area (Å²) in [6, 6.07) is 10.8. The molecule has 4 aromatic rings. The van der Waals surface area contributed by atoms with Gasteiger partial charge in [0.1, 0.15) is 5.82 Å². The number of hydrogen-bond acceptors (Lipinski definition) is 4. The lowest BCUT2D eigenvalue weighted by molar-refractivity contribution is 0.844. The van der Waals surface area contributed by atoms with Crippen LogP contribution in [0.15, 0.2) is 42.7 Å². The van der Waals surface area contributed by atoms with Crippen LogP contribution in [0.2, 0.25) is 0 Å². The summed E-state index contributed by atoms with van der Waals surface area (Å²) in [5.74, 6) is 1.62. The molecule has 27 heavy (non-hydrogen) atoms. The highest BCUT2D eigenvalue weighted by molar-refractivity contribution is 5.69. The van der Waals surface area contributed by atoms with E-state index in [0.717, 1.165) is 41.5 Å². The Hall–Kier alpha value is -3.15. The van der Waals surface area contributed by atoms with Gasteiger partial charge in [-0.1, -0.05) is 24.3 Å². The van der Waals surface area contributed by atoms with Gasteiger partial charge in [-0.15, -0.1) is 0 Å². The van der Waals surface area contributed by atoms with Crippen LogP contribution in [0.25, 0.3) is 16.9 Å². The Labute approximate surface area is 156 Å². The van der Waals surface area contributed by atoms with Crippen molar-refractivity contribution < 1.29 is 0 Å². The lowest BCUT2D eigenvalue weighted by atomic mass is 10.1. The van der Waals surface area contributed by atoms with E-state index in [9.17, 15) is 0 Å². The highest BCUT2D eigenvalue weighted by Crippen LogP contribution is 2.44. The minimum atomic E-state index is 0.609. The van der Waals surface area contributed by atoms with Gasteiger partial charge in [0.15, 0.2) is 5.65 Å². The Morgan fingerprint density at radius 1 is 1.11 bits per heavy atom. The number of nitrogens with zero attached hydrogens (tertiary/aromatic N) is 5. The molecule has 1 aliphatic carbocycles. The molecule has 6 nitrogen and oxygen atoms in total. The van der Waals surface area contributed by atoms with Crippen LogP contribution in [-0.2, 0) is 13.1 Å². The Kier molecular flexibility index (Phi) is 3.01. The first kappa shape index (κ1) is 15.0. The van der Waals surface area contributed by atoms with E-state index in [0.29, 0.717) is 5.92 Å². The van der Waals surface area contributed by atoms with Crippen molar-refractivity contribution in [1.82, 2.24) is 24.8 Å². The molecule has 0 radical (unpaired) electrons. The Morgan fingerprint density at radius 2 is 1.89 bits per heavy atom. The van der Waals surface area contributed by atoms with Crippen LogP contribution >= 0.6 is 0 Å². The van der Waals surface area contributed by atoms with Crippen LogP contribution in [0.1, 0.15) is 41.1 Å². The second kappa shape index (κ2) is 5.42. The molecule has 1 aliphatic heterocycles. The molecular formula is C21H20N6. The molecule has 0 bridgehead atoms. The van der Waals surface area contributed by atoms with Gasteiger partial charge in [0.25, 0.3) is 0 Å². The van der Waals surface area contributed by atoms with Crippen LogP contribution in [0.5, 0.6) is 0 Å². The van der Waals surface area contributed by atoms with Crippen molar-refractivity contribution in [2.45, 2.75) is 38.8 Å². The molecule has 1 saturated carbocycles. The largest absolute Gasteiger partial charge is 0.348 e. The zero-order chi connectivity index (χ0) is 18.0. The number of anilines is 1. The lowest BCUT2D eigenvalue weighted by Crippen LogP contribution is -2.17. The van der Waals surface area contributed by atoms with E-state index in [-0.39, 0.29) is 0 Å². The van der Waals surface area contributed by atoms with Gasteiger partial charge in [-0.05, 0) is 36.8 Å². The normalized spacial score (nSPS) is 16.3. The molecule has 6 heteroatoms. The maximum atomic E-state index is 5.09. The average Bonchev–Trinajstić information content (AvgIpc) is 3.11. The summed E-state index contributed by atoms with van der Waals surface area (Å²) < 4.78 is 2.00. The van der Waals surface area contributed by atoms with Gasteiger partial charge < -0.3 is 4.90 Å². The van der Waals surface area contributed by atoms with Gasteiger partial charge in [0, 0.05) is 36.5 Å². The molecule has 0 unspecified atom stereocenters. The Balaban J connectivity index is 1.55. The Morgan fingerprint density at radius 3 is 2.56 bits per heavy atom. The smallest absolute Gasteiger partial charge is 0.161 e. The number of fused-ring (bicyclic) bond motifs is 2. The van der Waals surface area contributed by atoms with Crippen molar-refractivity contribution in [2.24, 2.45) is 0 Å². The number of aryl methyl sites for hydroxylation is 1. The molecule has 0 spiro atoms. The molecule has 0 amide bonds. The predicted octanol–water partition coefficient (Wildman–Crippen LogP) is 3.83. The highest BCUT2D eigenvalue weighted by atomic mass is 15.3. The maximum Gasteiger partial charge on any atom is 0.161 e. The molecular weight excluding hydrogens is 336 g/mol. The van der Waals surface area contributed by atoms with Gasteiger partial charge in [-0.25, -0.2) is 9.50 Å². The quantitative estimate of drug-likeness (QED) is 0.606. The van der Waals surface area contributed by atoms with Gasteiger partial charge >= 0.3 is 0 Å². The van der Waals surface area contributed by atoms with Crippen LogP contribution in [-0.4, -0.2) is 24.8 Å². The minimum absolute atomic E-state index is 0.609. The van der Waals surface area contributed by atoms with E-state index in [1.54, 1.807) is 0 Å². The fraction of sp³-hybridized carbons (Fsp3) is 0.286. The van der Waals surface area contributed by atoms with E-state index in [1.807, 2.05) is 16.9 Å². The van der Waals surface area contributed by atoms with Crippen molar-refractivity contribution in [3.8, 4) is 11.3 Å². The molecule has 2 aliphatic rings. The van der Waals surface area contributed by atoms with Gasteiger partial charge in [0.05, 0.1) is 17.6 Å². The van der Waals surface area contributed by atoms with Crippen LogP contribution < -0.4 is 4.90 Å². The standard InChI is InChI=1S/C21H20N6/c1-13-20(14-6-7-14)21-24-19(26-11-15-4-2-3-5-16(15)12-26)8-18(27(21)25-13)17-9-22-23-10-17/h2-5,8-10,14H,6-7,11-12H2,1H3,(H,22,23). The van der Waals surface area contributed by atoms with Crippen LogP contribution in [0.4, 0.5) is 5.82 Å². The minimum Gasteiger partial charge on any atom is -0.348 e. The summed E-state index contributed by atoms with van der Waals surface area (Å²) >= 11 is 0. The van der Waals surface area contributed by atoms with Gasteiger partial charge in [-0.3, -0.25) is 5.10 Å². The zero-order valence-electron chi connectivity index (χ0n) is 15.2. The Bertz CT molecular complexity index is 1130. The van der Waals surface area contributed by atoms with E-state index in [4.69, 9.17) is 10.1 Å². The van der Waals surface area contributed by atoms with E-state index in [1.165, 1.54) is 29.5 Å². The maximum absolute atomic E-state index is 5.09. The van der Waals surface area contributed by atoms with Crippen molar-refractivity contribution in [3.05, 3.63) is 65.1 Å². The highest BCUT2D eigenvalue weighted by Gasteiger charge is 2.31. The molecule has 6 rings (SSSR count). The first-order valence-corrected chi connectivity index (χ1v) is 9.49. The summed E-state index contributed by atoms with van der Waals surface area (Å²) in [5, 5.41) is 11.9. The summed E-state index contributed by atoms with van der Waals surface area (Å²) in [4.78, 5) is 7.44. The zero-order valence-corrected chi connectivity index (χ0v) is 15.2. The molecule has 4 heterocycles. The third-order valence-electron chi connectivity index (χ3n) is 5.74. The summed E-state index contributed by atoms with van der Waals surface area (Å²) in [7, 11) is 0. The molecule has 0 atom stereocenters. The second-order valence-corrected chi connectivity index (χ2v) is 7.62. The first-order valence-electron chi connectivity index (χ1n) is 9.49. The van der Waals surface area contributed by atoms with Crippen LogP contribution in [0.3, 0.4) is 0 Å². The van der Waals surface area contributed by atoms with Crippen molar-refractivity contribution in [2.75, 3.05) is 4.90 Å².